The summed E-state index contributed by atoms with van der Waals surface area (Å²) in [6.07, 6.45) is 5.57. The Hall–Kier alpha value is -4.33. The van der Waals surface area contributed by atoms with E-state index in [9.17, 15) is 4.79 Å². The van der Waals surface area contributed by atoms with E-state index < -0.39 is 11.7 Å². The van der Waals surface area contributed by atoms with Crippen LogP contribution in [0.3, 0.4) is 0 Å². The van der Waals surface area contributed by atoms with Crippen LogP contribution < -0.4 is 10.1 Å². The number of amides is 1. The summed E-state index contributed by atoms with van der Waals surface area (Å²) in [7, 11) is 0. The smallest absolute Gasteiger partial charge is 0.408 e. The van der Waals surface area contributed by atoms with E-state index in [2.05, 4.69) is 37.6 Å². The van der Waals surface area contributed by atoms with Crippen molar-refractivity contribution in [2.45, 2.75) is 45.8 Å². The van der Waals surface area contributed by atoms with Crippen molar-refractivity contribution in [2.75, 3.05) is 6.61 Å². The molecule has 37 heavy (non-hydrogen) atoms. The standard InChI is InChI=1S/C29H31N5O3/c1-18-25-13-19(9-10-27(25)34-33-18)20-12-23(16-30-14-20)36-17-22(32-28(35)37-29(2,3)4)11-21-15-31-26-8-6-5-7-24(21)26/h5-10,12-16,22,31H,11,17H2,1-4H3,(H,32,35)(H,33,34)/t22-/m0/s1. The third kappa shape index (κ3) is 5.74. The molecule has 0 aliphatic rings. The number of ether oxygens (including phenoxy) is 2. The number of carbonyl (C=O) groups is 1. The maximum absolute atomic E-state index is 12.6. The number of alkyl carbamates (subject to hydrolysis) is 1. The minimum absolute atomic E-state index is 0.254. The van der Waals surface area contributed by atoms with Crippen molar-refractivity contribution in [2.24, 2.45) is 0 Å². The summed E-state index contributed by atoms with van der Waals surface area (Å²) in [5, 5.41) is 12.5. The molecule has 5 rings (SSSR count). The summed E-state index contributed by atoms with van der Waals surface area (Å²) in [5.41, 5.74) is 5.46. The first-order chi connectivity index (χ1) is 17.7. The van der Waals surface area contributed by atoms with Crippen LogP contribution in [0.2, 0.25) is 0 Å². The Labute approximate surface area is 215 Å². The normalized spacial score (nSPS) is 12.5. The van der Waals surface area contributed by atoms with Gasteiger partial charge in [-0.2, -0.15) is 5.10 Å². The number of carbonyl (C=O) groups excluding carboxylic acids is 1. The van der Waals surface area contributed by atoms with E-state index in [0.717, 1.165) is 44.2 Å². The molecule has 0 aliphatic carbocycles. The second-order valence-corrected chi connectivity index (χ2v) is 10.2. The van der Waals surface area contributed by atoms with Crippen molar-refractivity contribution in [3.63, 3.8) is 0 Å². The molecular formula is C29H31N5O3. The Morgan fingerprint density at radius 3 is 2.73 bits per heavy atom. The SMILES string of the molecule is Cc1[nH]nc2ccc(-c3cncc(OC[C@H](Cc4c[nH]c5ccccc45)NC(=O)OC(C)(C)C)c3)cc12. The zero-order valence-electron chi connectivity index (χ0n) is 21.5. The van der Waals surface area contributed by atoms with Crippen LogP contribution in [0.15, 0.2) is 67.1 Å². The highest BCUT2D eigenvalue weighted by Gasteiger charge is 2.21. The van der Waals surface area contributed by atoms with Gasteiger partial charge in [0.25, 0.3) is 0 Å². The number of H-pyrrole nitrogens is 2. The molecule has 1 atom stereocenters. The molecule has 1 amide bonds. The average Bonchev–Trinajstić information content (AvgIpc) is 3.44. The maximum atomic E-state index is 12.6. The van der Waals surface area contributed by atoms with Gasteiger partial charge in [-0.25, -0.2) is 4.79 Å². The van der Waals surface area contributed by atoms with Gasteiger partial charge in [0.1, 0.15) is 18.0 Å². The summed E-state index contributed by atoms with van der Waals surface area (Å²) >= 11 is 0. The Kier molecular flexibility index (Phi) is 6.56. The van der Waals surface area contributed by atoms with Crippen LogP contribution in [-0.2, 0) is 11.2 Å². The first-order valence-electron chi connectivity index (χ1n) is 12.3. The largest absolute Gasteiger partial charge is 0.490 e. The second kappa shape index (κ2) is 9.97. The molecular weight excluding hydrogens is 466 g/mol. The first-order valence-corrected chi connectivity index (χ1v) is 12.3. The van der Waals surface area contributed by atoms with Gasteiger partial charge < -0.3 is 19.8 Å². The van der Waals surface area contributed by atoms with Gasteiger partial charge in [-0.3, -0.25) is 10.1 Å². The van der Waals surface area contributed by atoms with Gasteiger partial charge >= 0.3 is 6.09 Å². The number of pyridine rings is 1. The Morgan fingerprint density at radius 1 is 1.05 bits per heavy atom. The number of nitrogens with zero attached hydrogens (tertiary/aromatic N) is 2. The molecule has 0 saturated heterocycles. The molecule has 0 radical (unpaired) electrons. The molecule has 8 nitrogen and oxygen atoms in total. The van der Waals surface area contributed by atoms with E-state index in [1.165, 1.54) is 0 Å². The van der Waals surface area contributed by atoms with Gasteiger partial charge in [0, 0.05) is 39.9 Å². The number of benzene rings is 2. The lowest BCUT2D eigenvalue weighted by molar-refractivity contribution is 0.0488. The summed E-state index contributed by atoms with van der Waals surface area (Å²) in [6.45, 7) is 7.79. The lowest BCUT2D eigenvalue weighted by Crippen LogP contribution is -2.43. The van der Waals surface area contributed by atoms with E-state index in [4.69, 9.17) is 9.47 Å². The van der Waals surface area contributed by atoms with Crippen LogP contribution in [0.1, 0.15) is 32.0 Å². The fourth-order valence-electron chi connectivity index (χ4n) is 4.36. The summed E-state index contributed by atoms with van der Waals surface area (Å²) < 4.78 is 11.7. The number of aromatic amines is 2. The molecule has 190 valence electrons. The third-order valence-corrected chi connectivity index (χ3v) is 6.10. The van der Waals surface area contributed by atoms with E-state index in [1.54, 1.807) is 6.20 Å². The van der Waals surface area contributed by atoms with E-state index in [0.29, 0.717) is 12.2 Å². The molecule has 2 aromatic carbocycles. The van der Waals surface area contributed by atoms with Gasteiger partial charge in [-0.1, -0.05) is 24.3 Å². The van der Waals surface area contributed by atoms with Gasteiger partial charge in [0.05, 0.1) is 17.8 Å². The molecule has 8 heteroatoms. The van der Waals surface area contributed by atoms with Crippen LogP contribution in [0.25, 0.3) is 32.9 Å². The predicted octanol–water partition coefficient (Wildman–Crippen LogP) is 5.93. The van der Waals surface area contributed by atoms with Crippen molar-refractivity contribution in [3.8, 4) is 16.9 Å². The minimum atomic E-state index is -0.594. The third-order valence-electron chi connectivity index (χ3n) is 6.10. The molecule has 3 aromatic heterocycles. The number of para-hydroxylation sites is 1. The van der Waals surface area contributed by atoms with Gasteiger partial charge in [-0.15, -0.1) is 0 Å². The zero-order chi connectivity index (χ0) is 26.0. The number of rotatable bonds is 7. The van der Waals surface area contributed by atoms with Crippen molar-refractivity contribution in [1.29, 1.82) is 0 Å². The van der Waals surface area contributed by atoms with Crippen LogP contribution in [0.4, 0.5) is 4.79 Å². The Morgan fingerprint density at radius 2 is 1.89 bits per heavy atom. The van der Waals surface area contributed by atoms with Crippen LogP contribution in [0, 0.1) is 6.92 Å². The van der Waals surface area contributed by atoms with Crippen molar-refractivity contribution >= 4 is 27.9 Å². The monoisotopic (exact) mass is 497 g/mol. The molecule has 5 aromatic rings. The lowest BCUT2D eigenvalue weighted by Gasteiger charge is -2.24. The Balaban J connectivity index is 1.34. The quantitative estimate of drug-likeness (QED) is 0.258. The highest BCUT2D eigenvalue weighted by atomic mass is 16.6. The van der Waals surface area contributed by atoms with Crippen molar-refractivity contribution in [3.05, 3.63) is 78.4 Å². The molecule has 0 unspecified atom stereocenters. The summed E-state index contributed by atoms with van der Waals surface area (Å²) in [6, 6.07) is 15.8. The fourth-order valence-corrected chi connectivity index (χ4v) is 4.36. The number of aromatic nitrogens is 4. The van der Waals surface area contributed by atoms with Crippen LogP contribution in [-0.4, -0.2) is 44.5 Å². The Bertz CT molecular complexity index is 1550. The highest BCUT2D eigenvalue weighted by molar-refractivity contribution is 5.86. The second-order valence-electron chi connectivity index (χ2n) is 10.2. The van der Waals surface area contributed by atoms with Gasteiger partial charge in [0.15, 0.2) is 0 Å². The number of aryl methyl sites for hydroxylation is 1. The van der Waals surface area contributed by atoms with E-state index >= 15 is 0 Å². The number of hydrogen-bond acceptors (Lipinski definition) is 5. The van der Waals surface area contributed by atoms with E-state index in [-0.39, 0.29) is 12.6 Å². The van der Waals surface area contributed by atoms with Gasteiger partial charge in [-0.05, 0) is 69.5 Å². The molecule has 0 aliphatic heterocycles. The summed E-state index contributed by atoms with van der Waals surface area (Å²) in [5.74, 6) is 0.622. The van der Waals surface area contributed by atoms with E-state index in [1.807, 2.05) is 76.5 Å². The molecule has 3 heterocycles. The highest BCUT2D eigenvalue weighted by Crippen LogP contribution is 2.27. The average molecular weight is 498 g/mol. The summed E-state index contributed by atoms with van der Waals surface area (Å²) in [4.78, 5) is 20.3. The minimum Gasteiger partial charge on any atom is -0.490 e. The first kappa shape index (κ1) is 24.4. The number of hydrogen-bond donors (Lipinski definition) is 3. The zero-order valence-corrected chi connectivity index (χ0v) is 21.5. The van der Waals surface area contributed by atoms with Gasteiger partial charge in [0.2, 0.25) is 0 Å². The predicted molar refractivity (Wildman–Crippen MR) is 145 cm³/mol. The van der Waals surface area contributed by atoms with Crippen molar-refractivity contribution < 1.29 is 14.3 Å². The molecule has 0 fully saturated rings. The molecule has 3 N–H and O–H groups in total. The van der Waals surface area contributed by atoms with Crippen LogP contribution in [0.5, 0.6) is 5.75 Å². The molecule has 0 spiro atoms. The topological polar surface area (TPSA) is 105 Å². The lowest BCUT2D eigenvalue weighted by atomic mass is 10.0. The number of fused-ring (bicyclic) bond motifs is 2. The van der Waals surface area contributed by atoms with Crippen LogP contribution >= 0.6 is 0 Å². The molecule has 0 saturated carbocycles. The fraction of sp³-hybridized carbons (Fsp3) is 0.276. The molecule has 0 bridgehead atoms. The van der Waals surface area contributed by atoms with Crippen molar-refractivity contribution in [1.82, 2.24) is 25.5 Å². The number of nitrogens with one attached hydrogen (secondary N) is 3. The maximum Gasteiger partial charge on any atom is 0.408 e.